The summed E-state index contributed by atoms with van der Waals surface area (Å²) in [6.07, 6.45) is 20.1. The van der Waals surface area contributed by atoms with E-state index in [4.69, 9.17) is 14.9 Å². The van der Waals surface area contributed by atoms with Crippen molar-refractivity contribution < 1.29 is 115 Å². The molecular formula is C85H101BBr3F3LiN6O20. The first kappa shape index (κ1) is 104. The number of ketones is 5. The van der Waals surface area contributed by atoms with Crippen molar-refractivity contribution in [3.63, 3.8) is 0 Å². The first-order valence-electron chi connectivity index (χ1n) is 38.0. The van der Waals surface area contributed by atoms with Crippen molar-refractivity contribution in [3.8, 4) is 28.0 Å². The Balaban J connectivity index is 0.000000353. The summed E-state index contributed by atoms with van der Waals surface area (Å²) < 4.78 is 63.1. The van der Waals surface area contributed by atoms with Gasteiger partial charge < -0.3 is 59.0 Å². The van der Waals surface area contributed by atoms with Gasteiger partial charge in [0.2, 0.25) is 10.9 Å². The number of piperidine rings is 1. The molecule has 4 saturated heterocycles. The van der Waals surface area contributed by atoms with Crippen LogP contribution >= 0.6 is 44.2 Å². The zero-order chi connectivity index (χ0) is 85.1. The summed E-state index contributed by atoms with van der Waals surface area (Å²) in [5.74, 6) is -2.87. The Kier molecular flexibility index (Phi) is 47.1. The smallest absolute Gasteiger partial charge is 0.870 e. The second kappa shape index (κ2) is 53.7. The van der Waals surface area contributed by atoms with Gasteiger partial charge in [0.1, 0.15) is 52.7 Å². The number of carbonyl (C=O) groups excluding carboxylic acids is 8. The van der Waals surface area contributed by atoms with Gasteiger partial charge in [-0.15, -0.1) is 0 Å². The van der Waals surface area contributed by atoms with Crippen LogP contribution in [0.25, 0.3) is 22.3 Å². The Labute approximate surface area is 725 Å². The summed E-state index contributed by atoms with van der Waals surface area (Å²) in [5.41, 5.74) is 5.21. The predicted molar refractivity (Wildman–Crippen MR) is 450 cm³/mol. The van der Waals surface area contributed by atoms with Crippen LogP contribution in [0.4, 0.5) is 13.2 Å². The molecule has 3 aromatic heterocycles. The van der Waals surface area contributed by atoms with Crippen molar-refractivity contribution in [2.24, 2.45) is 5.92 Å². The van der Waals surface area contributed by atoms with Crippen LogP contribution in [0.15, 0.2) is 153 Å². The molecule has 0 saturated carbocycles. The number of hydrogen-bond donors (Lipinski definition) is 3. The third-order valence-corrected chi connectivity index (χ3v) is 20.9. The fourth-order valence-electron chi connectivity index (χ4n) is 14.2. The van der Waals surface area contributed by atoms with Crippen molar-refractivity contribution >= 4 is 105 Å². The number of halogens is 6. The first-order chi connectivity index (χ1) is 55.5. The van der Waals surface area contributed by atoms with Crippen molar-refractivity contribution in [2.45, 2.75) is 175 Å². The standard InChI is InChI=1S/C16H14FNO2.C15H12FNO3.C11H19NO3.C10H10BrNO2.C10H15NO2.C10H10O2.C7H13NO2.C6H5BFO2.Br2.Li.2H2O/c1-10(19)13-9-18-8-2-3-14(18)15(16(13)20)11-4-6-12(17)7-5-11;16-10-5-3-9(4-6-10)13-12-2-1-7-17(12)8-11(14(13)18)15(19)20;1-9(13)5-7-12-6-3-4-10(12)8-11(14)15-2;1-6(13)7-5-12-4-2-3-8(12)9(11)10(7)14;1-7(12)9-6-11-4-2-3-8(11)5-10(9)13;1-2-10(11)12-8-9-6-4-3-5-7-9;1-10-7(9)5-6-3-2-4-8-6;8-5-1-3-6(4-2-5)10-7-9;1-2;;;/h4-7,9H,2-3,8H2,1H3;3-6,8H,1-2,7H2,(H,19,20);10H,3-8H2,1-2H3;5H,2-4H2,1H3;8-9H,2-6H2,1H3;2-7H,1,8H2;6,8H,2-5H2,1H3;1-4,9H;;;2*1H2/q;;;;;;;;;+1;;/p-1. The molecule has 34 heteroatoms. The van der Waals surface area contributed by atoms with Crippen molar-refractivity contribution in [1.82, 2.24) is 28.8 Å². The minimum Gasteiger partial charge on any atom is -0.870 e. The van der Waals surface area contributed by atoms with Gasteiger partial charge in [-0.05, 0) is 206 Å². The molecular weight excluding hydrogens is 1740 g/mol. The summed E-state index contributed by atoms with van der Waals surface area (Å²) in [5, 5.41) is 20.5. The van der Waals surface area contributed by atoms with Crippen LogP contribution in [-0.4, -0.2) is 170 Å². The van der Waals surface area contributed by atoms with E-state index in [9.17, 15) is 70.7 Å². The van der Waals surface area contributed by atoms with Gasteiger partial charge in [-0.3, -0.25) is 57.7 Å². The Morgan fingerprint density at radius 2 is 1.09 bits per heavy atom. The number of esters is 3. The number of hydrogen-bond acceptors (Lipinski definition) is 21. The van der Waals surface area contributed by atoms with Crippen LogP contribution in [-0.2, 0) is 88.5 Å². The number of likely N-dealkylation sites (tertiary alicyclic amines) is 1. The normalized spacial score (nSPS) is 16.4. The average molecular weight is 1840 g/mol. The number of benzene rings is 4. The molecule has 4 fully saturated rings. The Hall–Kier alpha value is -8.85. The van der Waals surface area contributed by atoms with Crippen LogP contribution in [0.2, 0.25) is 0 Å². The molecule has 1 radical (unpaired) electrons. The monoisotopic (exact) mass is 1840 g/mol. The van der Waals surface area contributed by atoms with Crippen LogP contribution in [0.1, 0.15) is 165 Å². The van der Waals surface area contributed by atoms with Gasteiger partial charge in [0, 0.05) is 145 Å². The molecule has 0 aliphatic carbocycles. The predicted octanol–water partition coefficient (Wildman–Crippen LogP) is 9.13. The van der Waals surface area contributed by atoms with Gasteiger partial charge in [0.25, 0.3) is 0 Å². The van der Waals surface area contributed by atoms with E-state index < -0.39 is 11.4 Å². The fraction of sp³-hybridized carbons (Fsp3) is 0.412. The topological polar surface area (TPSA) is 377 Å². The van der Waals surface area contributed by atoms with Gasteiger partial charge in [0.05, 0.1) is 48.6 Å². The van der Waals surface area contributed by atoms with Gasteiger partial charge >= 0.3 is 50.4 Å². The van der Waals surface area contributed by atoms with Crippen LogP contribution in [0.5, 0.6) is 5.75 Å². The Morgan fingerprint density at radius 3 is 1.56 bits per heavy atom. The van der Waals surface area contributed by atoms with Crippen molar-refractivity contribution in [3.05, 3.63) is 226 Å². The number of rotatable bonds is 18. The zero-order valence-electron chi connectivity index (χ0n) is 67.8. The number of Topliss-reactive ketones (excluding diaryl/α,β-unsaturated/α-hetero) is 5. The zero-order valence-corrected chi connectivity index (χ0v) is 72.5. The maximum absolute atomic E-state index is 13.0. The van der Waals surface area contributed by atoms with Crippen molar-refractivity contribution in [1.29, 1.82) is 0 Å². The molecule has 6 N–H and O–H groups in total. The Bertz CT molecular complexity index is 4600. The number of pyridine rings is 3. The summed E-state index contributed by atoms with van der Waals surface area (Å²) in [4.78, 5) is 141. The number of carbonyl (C=O) groups is 9. The molecule has 637 valence electrons. The fourth-order valence-corrected chi connectivity index (χ4v) is 14.8. The minimum atomic E-state index is -1.24. The maximum Gasteiger partial charge on any atom is 1.00 e. The van der Waals surface area contributed by atoms with E-state index in [2.05, 4.69) is 80.0 Å². The molecule has 7 aliphatic heterocycles. The number of aromatic nitrogens is 3. The minimum absolute atomic E-state index is 0. The molecule has 26 nitrogen and oxygen atoms in total. The second-order valence-corrected chi connectivity index (χ2v) is 28.9. The third kappa shape index (κ3) is 32.2. The van der Waals surface area contributed by atoms with Crippen molar-refractivity contribution in [2.75, 3.05) is 46.9 Å². The molecule has 4 atom stereocenters. The van der Waals surface area contributed by atoms with Gasteiger partial charge in [0.15, 0.2) is 17.0 Å². The van der Waals surface area contributed by atoms with Crippen LogP contribution in [0.3, 0.4) is 0 Å². The first-order valence-corrected chi connectivity index (χ1v) is 42.5. The van der Waals surface area contributed by atoms with Gasteiger partial charge in [-0.1, -0.05) is 61.2 Å². The number of aryl methyl sites for hydroxylation is 3. The van der Waals surface area contributed by atoms with E-state index in [0.717, 1.165) is 132 Å². The number of carboxylic acids is 1. The van der Waals surface area contributed by atoms with E-state index in [1.54, 1.807) is 31.5 Å². The van der Waals surface area contributed by atoms with E-state index >= 15 is 0 Å². The van der Waals surface area contributed by atoms with Gasteiger partial charge in [-0.2, -0.15) is 0 Å². The van der Waals surface area contributed by atoms with Crippen LogP contribution < -0.4 is 45.1 Å². The summed E-state index contributed by atoms with van der Waals surface area (Å²) in [6.45, 7) is 16.5. The molecule has 14 rings (SSSR count). The molecule has 0 amide bonds. The van der Waals surface area contributed by atoms with Gasteiger partial charge in [-0.25, -0.2) is 22.8 Å². The molecule has 10 heterocycles. The van der Waals surface area contributed by atoms with E-state index in [0.29, 0.717) is 97.6 Å². The van der Waals surface area contributed by atoms with E-state index in [1.807, 2.05) is 44.0 Å². The molecule has 4 unspecified atom stereocenters. The number of nitrogens with one attached hydrogen (secondary N) is 1. The van der Waals surface area contributed by atoms with E-state index in [-0.39, 0.29) is 134 Å². The number of aromatic carboxylic acids is 1. The third-order valence-electron chi connectivity index (χ3n) is 20.1. The van der Waals surface area contributed by atoms with E-state index in [1.165, 1.54) is 115 Å². The summed E-state index contributed by atoms with van der Waals surface area (Å²) >= 11 is 8.76. The molecule has 7 aliphatic rings. The number of nitrogens with zero attached hydrogens (tertiary/aromatic N) is 5. The average Bonchev–Trinajstić information content (AvgIpc) is 1.72. The molecule has 0 spiro atoms. The molecule has 0 bridgehead atoms. The Morgan fingerprint density at radius 1 is 0.613 bits per heavy atom. The number of methoxy groups -OCH3 is 2. The molecule has 119 heavy (non-hydrogen) atoms. The second-order valence-electron chi connectivity index (χ2n) is 28.1. The molecule has 7 aromatic rings. The summed E-state index contributed by atoms with van der Waals surface area (Å²) in [6, 6.07) is 27.4. The number of carboxylic acid groups (broad SMARTS) is 1. The largest absolute Gasteiger partial charge is 1.00 e. The molecule has 4 aromatic carbocycles. The number of ether oxygens (including phenoxy) is 3. The SMILES string of the molecule is BrBr.C=CC(=O)OCc1ccccc1.CC(=O)C1CN2CCCC2CC1=O.CC(=O)c1cn2c(c(-c3ccc(F)cc3)c1=O)CCC2.CC(=O)c1cn2c(c(Br)c1=O)CCC2.COC(=O)CC1CCCN1.COC(=O)CC1CCCN1CCC(C)=O.O.O=C(O)c1cn2c(c(-c3ccc(F)cc3)c1=O)CCC2.O[B]Oc1ccc(F)cc1.[Li+].[OH-]. The van der Waals surface area contributed by atoms with Crippen LogP contribution in [0, 0.1) is 23.4 Å². The maximum atomic E-state index is 13.0. The number of fused-ring (bicyclic) bond motifs is 4. The summed E-state index contributed by atoms with van der Waals surface area (Å²) in [7, 11) is 3.39. The quantitative estimate of drug-likeness (QED) is 0.0180.